The Kier molecular flexibility index (Phi) is 2.93. The molecule has 0 atom stereocenters. The van der Waals surface area contributed by atoms with E-state index in [1.165, 1.54) is 5.01 Å². The van der Waals surface area contributed by atoms with E-state index in [9.17, 15) is 4.79 Å². The van der Waals surface area contributed by atoms with Crippen molar-refractivity contribution in [3.8, 4) is 0 Å². The third-order valence-electron chi connectivity index (χ3n) is 2.80. The van der Waals surface area contributed by atoms with Crippen LogP contribution in [0.2, 0.25) is 5.02 Å². The quantitative estimate of drug-likeness (QED) is 0.476. The molecular weight excluding hydrogens is 212 g/mol. The highest BCUT2D eigenvalue weighted by Gasteiger charge is 2.28. The van der Waals surface area contributed by atoms with Crippen LogP contribution in [-0.4, -0.2) is 5.91 Å². The maximum atomic E-state index is 11.8. The van der Waals surface area contributed by atoms with Gasteiger partial charge in [-0.25, -0.2) is 10.9 Å². The Bertz CT molecular complexity index is 359. The molecule has 1 saturated carbocycles. The number of benzene rings is 1. The van der Waals surface area contributed by atoms with Gasteiger partial charge in [-0.1, -0.05) is 18.0 Å². The van der Waals surface area contributed by atoms with Crippen LogP contribution in [0.5, 0.6) is 0 Å². The third-order valence-corrected chi connectivity index (χ3v) is 3.05. The molecule has 1 aliphatic carbocycles. The molecular formula is C11H13ClN2O. The first-order chi connectivity index (χ1) is 7.18. The maximum Gasteiger partial charge on any atom is 0.244 e. The molecule has 1 aromatic rings. The number of amides is 1. The number of rotatable bonds is 2. The number of nitrogens with zero attached hydrogens (tertiary/aromatic N) is 1. The third kappa shape index (κ3) is 2.13. The summed E-state index contributed by atoms with van der Waals surface area (Å²) in [5, 5.41) is 1.86. The lowest BCUT2D eigenvalue weighted by Gasteiger charge is -2.28. The van der Waals surface area contributed by atoms with Crippen molar-refractivity contribution in [1.29, 1.82) is 0 Å². The van der Waals surface area contributed by atoms with Crippen molar-refractivity contribution in [2.24, 2.45) is 11.8 Å². The number of hydrogen-bond donors (Lipinski definition) is 1. The van der Waals surface area contributed by atoms with E-state index in [1.807, 2.05) is 0 Å². The van der Waals surface area contributed by atoms with E-state index >= 15 is 0 Å². The smallest absolute Gasteiger partial charge is 0.244 e. The van der Waals surface area contributed by atoms with Gasteiger partial charge in [-0.2, -0.15) is 0 Å². The highest BCUT2D eigenvalue weighted by atomic mass is 35.5. The zero-order valence-corrected chi connectivity index (χ0v) is 9.07. The number of halogens is 1. The molecule has 0 bridgehead atoms. The van der Waals surface area contributed by atoms with Gasteiger partial charge in [0.1, 0.15) is 0 Å². The summed E-state index contributed by atoms with van der Waals surface area (Å²) >= 11 is 5.75. The molecule has 1 aliphatic rings. The van der Waals surface area contributed by atoms with Crippen molar-refractivity contribution in [2.45, 2.75) is 19.3 Å². The fourth-order valence-corrected chi connectivity index (χ4v) is 1.71. The van der Waals surface area contributed by atoms with Gasteiger partial charge in [-0.15, -0.1) is 0 Å². The molecule has 0 radical (unpaired) electrons. The SMILES string of the molecule is NN(C(=O)C1CCC1)c1ccc(Cl)cc1. The molecule has 0 spiro atoms. The van der Waals surface area contributed by atoms with Crippen LogP contribution < -0.4 is 10.9 Å². The largest absolute Gasteiger partial charge is 0.273 e. The molecule has 0 unspecified atom stereocenters. The Hall–Kier alpha value is -1.06. The Balaban J connectivity index is 2.09. The molecule has 1 aromatic carbocycles. The van der Waals surface area contributed by atoms with Crippen molar-refractivity contribution in [3.05, 3.63) is 29.3 Å². The number of hydrazine groups is 1. The van der Waals surface area contributed by atoms with Crippen LogP contribution in [0.15, 0.2) is 24.3 Å². The lowest BCUT2D eigenvalue weighted by atomic mass is 9.84. The van der Waals surface area contributed by atoms with Crippen LogP contribution in [0, 0.1) is 5.92 Å². The normalized spacial score (nSPS) is 15.9. The fourth-order valence-electron chi connectivity index (χ4n) is 1.58. The second kappa shape index (κ2) is 4.21. The molecule has 15 heavy (non-hydrogen) atoms. The molecule has 80 valence electrons. The number of anilines is 1. The topological polar surface area (TPSA) is 46.3 Å². The van der Waals surface area contributed by atoms with Gasteiger partial charge in [0.25, 0.3) is 0 Å². The number of carbonyl (C=O) groups is 1. The van der Waals surface area contributed by atoms with E-state index in [0.29, 0.717) is 10.7 Å². The molecule has 4 heteroatoms. The summed E-state index contributed by atoms with van der Waals surface area (Å²) in [5.41, 5.74) is 0.691. The highest BCUT2D eigenvalue weighted by Crippen LogP contribution is 2.29. The van der Waals surface area contributed by atoms with E-state index in [4.69, 9.17) is 17.4 Å². The molecule has 0 aliphatic heterocycles. The van der Waals surface area contributed by atoms with Crippen molar-refractivity contribution < 1.29 is 4.79 Å². The second-order valence-electron chi connectivity index (χ2n) is 3.81. The first-order valence-corrected chi connectivity index (χ1v) is 5.40. The van der Waals surface area contributed by atoms with Gasteiger partial charge in [0.2, 0.25) is 5.91 Å². The summed E-state index contributed by atoms with van der Waals surface area (Å²) in [6.45, 7) is 0. The predicted octanol–water partition coefficient (Wildman–Crippen LogP) is 2.35. The van der Waals surface area contributed by atoms with Gasteiger partial charge in [0.05, 0.1) is 5.69 Å². The average Bonchev–Trinajstić information content (AvgIpc) is 2.15. The zero-order valence-electron chi connectivity index (χ0n) is 8.32. The van der Waals surface area contributed by atoms with Gasteiger partial charge >= 0.3 is 0 Å². The van der Waals surface area contributed by atoms with Crippen LogP contribution >= 0.6 is 11.6 Å². The molecule has 0 heterocycles. The summed E-state index contributed by atoms with van der Waals surface area (Å²) in [7, 11) is 0. The van der Waals surface area contributed by atoms with E-state index in [1.54, 1.807) is 24.3 Å². The fraction of sp³-hybridized carbons (Fsp3) is 0.364. The minimum absolute atomic E-state index is 0.00331. The molecule has 2 rings (SSSR count). The zero-order chi connectivity index (χ0) is 10.8. The molecule has 3 nitrogen and oxygen atoms in total. The summed E-state index contributed by atoms with van der Waals surface area (Å²) < 4.78 is 0. The van der Waals surface area contributed by atoms with E-state index < -0.39 is 0 Å². The second-order valence-corrected chi connectivity index (χ2v) is 4.25. The van der Waals surface area contributed by atoms with Gasteiger partial charge < -0.3 is 0 Å². The number of hydrogen-bond acceptors (Lipinski definition) is 2. The molecule has 0 saturated heterocycles. The Morgan fingerprint density at radius 1 is 1.33 bits per heavy atom. The maximum absolute atomic E-state index is 11.8. The minimum atomic E-state index is 0.00331. The van der Waals surface area contributed by atoms with Crippen LogP contribution in [-0.2, 0) is 4.79 Å². The van der Waals surface area contributed by atoms with Crippen molar-refractivity contribution in [3.63, 3.8) is 0 Å². The monoisotopic (exact) mass is 224 g/mol. The highest BCUT2D eigenvalue weighted by molar-refractivity contribution is 6.30. The van der Waals surface area contributed by atoms with Crippen molar-refractivity contribution in [1.82, 2.24) is 0 Å². The van der Waals surface area contributed by atoms with Crippen LogP contribution in [0.4, 0.5) is 5.69 Å². The molecule has 0 aromatic heterocycles. The van der Waals surface area contributed by atoms with Crippen LogP contribution in [0.3, 0.4) is 0 Å². The van der Waals surface area contributed by atoms with E-state index in [2.05, 4.69) is 0 Å². The number of carbonyl (C=O) groups excluding carboxylic acids is 1. The Morgan fingerprint density at radius 3 is 2.40 bits per heavy atom. The summed E-state index contributed by atoms with van der Waals surface area (Å²) in [4.78, 5) is 11.8. The van der Waals surface area contributed by atoms with Crippen molar-refractivity contribution >= 4 is 23.2 Å². The molecule has 2 N–H and O–H groups in total. The number of nitrogens with two attached hydrogens (primary N) is 1. The van der Waals surface area contributed by atoms with Gasteiger partial charge in [0.15, 0.2) is 0 Å². The first kappa shape index (κ1) is 10.5. The standard InChI is InChI=1S/C11H13ClN2O/c12-9-4-6-10(7-5-9)14(13)11(15)8-2-1-3-8/h4-8H,1-3,13H2. The summed E-state index contributed by atoms with van der Waals surface area (Å²) in [5.74, 6) is 5.86. The van der Waals surface area contributed by atoms with E-state index in [0.717, 1.165) is 19.3 Å². The van der Waals surface area contributed by atoms with Gasteiger partial charge in [-0.3, -0.25) is 4.79 Å². The lowest BCUT2D eigenvalue weighted by molar-refractivity contribution is -0.124. The van der Waals surface area contributed by atoms with Gasteiger partial charge in [-0.05, 0) is 37.1 Å². The average molecular weight is 225 g/mol. The van der Waals surface area contributed by atoms with E-state index in [-0.39, 0.29) is 11.8 Å². The van der Waals surface area contributed by atoms with Crippen LogP contribution in [0.1, 0.15) is 19.3 Å². The van der Waals surface area contributed by atoms with Crippen molar-refractivity contribution in [2.75, 3.05) is 5.01 Å². The Labute approximate surface area is 93.8 Å². The summed E-state index contributed by atoms with van der Waals surface area (Å²) in [6, 6.07) is 6.95. The molecule has 1 fully saturated rings. The lowest BCUT2D eigenvalue weighted by Crippen LogP contribution is -2.43. The van der Waals surface area contributed by atoms with Crippen LogP contribution in [0.25, 0.3) is 0 Å². The summed E-state index contributed by atoms with van der Waals surface area (Å²) in [6.07, 6.45) is 3.05. The Morgan fingerprint density at radius 2 is 1.93 bits per heavy atom. The first-order valence-electron chi connectivity index (χ1n) is 5.03. The molecule has 1 amide bonds. The van der Waals surface area contributed by atoms with Gasteiger partial charge in [0, 0.05) is 10.9 Å². The predicted molar refractivity (Wildman–Crippen MR) is 60.5 cm³/mol. The minimum Gasteiger partial charge on any atom is -0.273 e.